The van der Waals surface area contributed by atoms with Gasteiger partial charge >= 0.3 is 0 Å². The minimum absolute atomic E-state index is 0. The highest BCUT2D eigenvalue weighted by molar-refractivity contribution is 5.85. The number of methoxy groups -OCH3 is 1. The van der Waals surface area contributed by atoms with E-state index in [0.29, 0.717) is 32.0 Å². The number of piperazine rings is 1. The van der Waals surface area contributed by atoms with Crippen LogP contribution in [-0.4, -0.2) is 87.7 Å². The van der Waals surface area contributed by atoms with Crippen LogP contribution < -0.4 is 10.6 Å². The Balaban J connectivity index is 0.00000312. The maximum atomic E-state index is 12.3. The normalized spacial score (nSPS) is 18.6. The Morgan fingerprint density at radius 3 is 2.38 bits per heavy atom. The lowest BCUT2D eigenvalue weighted by Crippen LogP contribution is -2.51. The van der Waals surface area contributed by atoms with E-state index in [1.54, 1.807) is 7.11 Å². The molecular formula is C17H34Cl2N4O3. The van der Waals surface area contributed by atoms with Gasteiger partial charge in [0.1, 0.15) is 0 Å². The van der Waals surface area contributed by atoms with E-state index in [-0.39, 0.29) is 36.6 Å². The van der Waals surface area contributed by atoms with E-state index >= 15 is 0 Å². The molecule has 2 heterocycles. The van der Waals surface area contributed by atoms with Crippen molar-refractivity contribution in [3.05, 3.63) is 0 Å². The first-order valence-electron chi connectivity index (χ1n) is 9.15. The van der Waals surface area contributed by atoms with Crippen molar-refractivity contribution in [1.82, 2.24) is 20.4 Å². The molecule has 2 aliphatic heterocycles. The van der Waals surface area contributed by atoms with Crippen LogP contribution in [0.3, 0.4) is 0 Å². The molecule has 2 N–H and O–H groups in total. The van der Waals surface area contributed by atoms with Crippen LogP contribution in [-0.2, 0) is 14.3 Å². The van der Waals surface area contributed by atoms with Crippen LogP contribution >= 0.6 is 24.8 Å². The monoisotopic (exact) mass is 412 g/mol. The van der Waals surface area contributed by atoms with Crippen molar-refractivity contribution in [2.75, 3.05) is 66.1 Å². The van der Waals surface area contributed by atoms with Crippen molar-refractivity contribution in [3.8, 4) is 0 Å². The Morgan fingerprint density at radius 1 is 1.12 bits per heavy atom. The Bertz CT molecular complexity index is 401. The quantitative estimate of drug-likeness (QED) is 0.568. The minimum Gasteiger partial charge on any atom is -0.383 e. The highest BCUT2D eigenvalue weighted by atomic mass is 35.5. The summed E-state index contributed by atoms with van der Waals surface area (Å²) in [5, 5.41) is 6.19. The van der Waals surface area contributed by atoms with E-state index in [1.165, 1.54) is 12.8 Å². The Morgan fingerprint density at radius 2 is 1.77 bits per heavy atom. The van der Waals surface area contributed by atoms with Gasteiger partial charge in [-0.1, -0.05) is 0 Å². The lowest BCUT2D eigenvalue weighted by atomic mass is 9.93. The molecule has 0 spiro atoms. The van der Waals surface area contributed by atoms with Crippen LogP contribution in [0.15, 0.2) is 0 Å². The Hall–Kier alpha value is -0.600. The second-order valence-electron chi connectivity index (χ2n) is 6.73. The molecule has 154 valence electrons. The average Bonchev–Trinajstić information content (AvgIpc) is 2.61. The van der Waals surface area contributed by atoms with Crippen molar-refractivity contribution in [2.45, 2.75) is 25.7 Å². The molecule has 0 aromatic rings. The summed E-state index contributed by atoms with van der Waals surface area (Å²) in [5.74, 6) is 1.00. The summed E-state index contributed by atoms with van der Waals surface area (Å²) in [5.41, 5.74) is 0. The van der Waals surface area contributed by atoms with Gasteiger partial charge in [0.05, 0.1) is 13.2 Å². The molecule has 2 saturated heterocycles. The van der Waals surface area contributed by atoms with E-state index in [1.807, 2.05) is 4.90 Å². The SMILES string of the molecule is COCCNC(=O)CN1CCN(C(=O)CCC2CCNCC2)CC1.Cl.Cl. The second kappa shape index (κ2) is 14.5. The van der Waals surface area contributed by atoms with Gasteiger partial charge in [0, 0.05) is 46.3 Å². The van der Waals surface area contributed by atoms with Crippen LogP contribution in [0.25, 0.3) is 0 Å². The fourth-order valence-corrected chi connectivity index (χ4v) is 3.36. The molecule has 9 heteroatoms. The number of ether oxygens (including phenoxy) is 1. The minimum atomic E-state index is 0. The lowest BCUT2D eigenvalue weighted by molar-refractivity contribution is -0.133. The number of carbonyl (C=O) groups excluding carboxylic acids is 2. The number of rotatable bonds is 8. The van der Waals surface area contributed by atoms with E-state index in [4.69, 9.17) is 4.74 Å². The third-order valence-corrected chi connectivity index (χ3v) is 4.95. The summed E-state index contributed by atoms with van der Waals surface area (Å²) < 4.78 is 4.91. The largest absolute Gasteiger partial charge is 0.383 e. The molecule has 0 bridgehead atoms. The lowest BCUT2D eigenvalue weighted by Gasteiger charge is -2.34. The van der Waals surface area contributed by atoms with Gasteiger partial charge in [-0.05, 0) is 38.3 Å². The number of hydrogen-bond donors (Lipinski definition) is 2. The molecule has 2 fully saturated rings. The number of nitrogens with zero attached hydrogens (tertiary/aromatic N) is 2. The van der Waals surface area contributed by atoms with Gasteiger partial charge in [-0.25, -0.2) is 0 Å². The van der Waals surface area contributed by atoms with Crippen LogP contribution in [0.1, 0.15) is 25.7 Å². The number of carbonyl (C=O) groups is 2. The molecular weight excluding hydrogens is 379 g/mol. The molecule has 2 rings (SSSR count). The number of piperidine rings is 1. The second-order valence-corrected chi connectivity index (χ2v) is 6.73. The molecule has 7 nitrogen and oxygen atoms in total. The number of nitrogens with one attached hydrogen (secondary N) is 2. The maximum Gasteiger partial charge on any atom is 0.234 e. The van der Waals surface area contributed by atoms with Crippen molar-refractivity contribution >= 4 is 36.6 Å². The van der Waals surface area contributed by atoms with Crippen molar-refractivity contribution in [3.63, 3.8) is 0 Å². The van der Waals surface area contributed by atoms with Gasteiger partial charge in [-0.15, -0.1) is 24.8 Å². The topological polar surface area (TPSA) is 73.9 Å². The Kier molecular flexibility index (Phi) is 14.1. The van der Waals surface area contributed by atoms with Crippen LogP contribution in [0.5, 0.6) is 0 Å². The molecule has 0 aromatic carbocycles. The summed E-state index contributed by atoms with van der Waals surface area (Å²) in [4.78, 5) is 28.2. The first-order chi connectivity index (χ1) is 11.7. The van der Waals surface area contributed by atoms with Gasteiger partial charge in [-0.3, -0.25) is 14.5 Å². The number of hydrogen-bond acceptors (Lipinski definition) is 5. The number of amides is 2. The van der Waals surface area contributed by atoms with Crippen LogP contribution in [0.4, 0.5) is 0 Å². The van der Waals surface area contributed by atoms with Crippen LogP contribution in [0.2, 0.25) is 0 Å². The summed E-state index contributed by atoms with van der Waals surface area (Å²) in [7, 11) is 1.62. The molecule has 0 saturated carbocycles. The van der Waals surface area contributed by atoms with Gasteiger partial charge in [0.2, 0.25) is 11.8 Å². The van der Waals surface area contributed by atoms with Gasteiger partial charge in [0.15, 0.2) is 0 Å². The number of halogens is 2. The third-order valence-electron chi connectivity index (χ3n) is 4.95. The van der Waals surface area contributed by atoms with Crippen molar-refractivity contribution < 1.29 is 14.3 Å². The van der Waals surface area contributed by atoms with Gasteiger partial charge < -0.3 is 20.3 Å². The summed E-state index contributed by atoms with van der Waals surface area (Å²) in [6, 6.07) is 0. The predicted molar refractivity (Wildman–Crippen MR) is 107 cm³/mol. The van der Waals surface area contributed by atoms with Gasteiger partial charge in [0.25, 0.3) is 0 Å². The van der Waals surface area contributed by atoms with E-state index in [0.717, 1.165) is 45.7 Å². The average molecular weight is 413 g/mol. The molecule has 0 aromatic heterocycles. The third kappa shape index (κ3) is 9.37. The zero-order valence-electron chi connectivity index (χ0n) is 15.7. The Labute approximate surface area is 169 Å². The summed E-state index contributed by atoms with van der Waals surface area (Å²) in [6.45, 7) is 6.67. The molecule has 2 amide bonds. The molecule has 0 aliphatic carbocycles. The van der Waals surface area contributed by atoms with Gasteiger partial charge in [-0.2, -0.15) is 0 Å². The molecule has 26 heavy (non-hydrogen) atoms. The zero-order chi connectivity index (χ0) is 17.2. The van der Waals surface area contributed by atoms with E-state index in [9.17, 15) is 9.59 Å². The fraction of sp³-hybridized carbons (Fsp3) is 0.882. The standard InChI is InChI=1S/C17H32N4O3.2ClH/c1-24-13-8-19-16(22)14-20-9-11-21(12-10-20)17(23)3-2-15-4-6-18-7-5-15;;/h15,18H,2-14H2,1H3,(H,19,22);2*1H. The van der Waals surface area contributed by atoms with Crippen LogP contribution in [0, 0.1) is 5.92 Å². The predicted octanol–water partition coefficient (Wildman–Crippen LogP) is 0.517. The van der Waals surface area contributed by atoms with Crippen molar-refractivity contribution in [1.29, 1.82) is 0 Å². The van der Waals surface area contributed by atoms with Crippen molar-refractivity contribution in [2.24, 2.45) is 5.92 Å². The fourth-order valence-electron chi connectivity index (χ4n) is 3.36. The maximum absolute atomic E-state index is 12.3. The molecule has 0 atom stereocenters. The van der Waals surface area contributed by atoms with E-state index < -0.39 is 0 Å². The zero-order valence-corrected chi connectivity index (χ0v) is 17.3. The molecule has 2 aliphatic rings. The highest BCUT2D eigenvalue weighted by Gasteiger charge is 2.23. The molecule has 0 unspecified atom stereocenters. The summed E-state index contributed by atoms with van der Waals surface area (Å²) in [6.07, 6.45) is 4.07. The molecule has 0 radical (unpaired) electrons. The highest BCUT2D eigenvalue weighted by Crippen LogP contribution is 2.18. The first kappa shape index (κ1) is 25.4. The first-order valence-corrected chi connectivity index (χ1v) is 9.15. The smallest absolute Gasteiger partial charge is 0.234 e. The summed E-state index contributed by atoms with van der Waals surface area (Å²) >= 11 is 0. The van der Waals surface area contributed by atoms with E-state index in [2.05, 4.69) is 15.5 Å².